The molecular weight excluding hydrogens is 442 g/mol. The molecule has 0 spiro atoms. The minimum absolute atomic E-state index is 0.0895. The van der Waals surface area contributed by atoms with Gasteiger partial charge in [-0.25, -0.2) is 0 Å². The predicted octanol–water partition coefficient (Wildman–Crippen LogP) is 2.77. The third-order valence-corrected chi connectivity index (χ3v) is 6.77. The maximum absolute atomic E-state index is 11.6. The molecule has 0 bridgehead atoms. The van der Waals surface area contributed by atoms with E-state index in [9.17, 15) is 4.79 Å². The van der Waals surface area contributed by atoms with Gasteiger partial charge in [0.15, 0.2) is 0 Å². The van der Waals surface area contributed by atoms with Gasteiger partial charge < -0.3 is 26.0 Å². The molecule has 1 aliphatic carbocycles. The molecule has 4 N–H and O–H groups in total. The van der Waals surface area contributed by atoms with E-state index in [1.807, 2.05) is 24.3 Å². The van der Waals surface area contributed by atoms with Crippen molar-refractivity contribution in [2.75, 3.05) is 35.7 Å². The number of primary amides is 1. The normalized spacial score (nSPS) is 16.1. The fourth-order valence-corrected chi connectivity index (χ4v) is 4.82. The van der Waals surface area contributed by atoms with Crippen LogP contribution in [0.25, 0.3) is 0 Å². The van der Waals surface area contributed by atoms with Crippen molar-refractivity contribution in [2.24, 2.45) is 11.7 Å². The van der Waals surface area contributed by atoms with Gasteiger partial charge in [0.2, 0.25) is 23.8 Å². The molecule has 2 aromatic carbocycles. The Kier molecular flexibility index (Phi) is 6.65. The van der Waals surface area contributed by atoms with Crippen LogP contribution in [-0.2, 0) is 24.2 Å². The lowest BCUT2D eigenvalue weighted by molar-refractivity contribution is -0.122. The Hall–Kier alpha value is -3.88. The molecule has 1 aromatic heterocycles. The summed E-state index contributed by atoms with van der Waals surface area (Å²) < 4.78 is 5.33. The van der Waals surface area contributed by atoms with Gasteiger partial charge in [-0.1, -0.05) is 36.4 Å². The minimum atomic E-state index is -0.232. The van der Waals surface area contributed by atoms with E-state index in [2.05, 4.69) is 44.8 Å². The molecule has 9 heteroatoms. The zero-order chi connectivity index (χ0) is 24.2. The average Bonchev–Trinajstić information content (AvgIpc) is 3.30. The molecule has 2 aliphatic rings. The van der Waals surface area contributed by atoms with Crippen LogP contribution in [-0.4, -0.2) is 47.1 Å². The monoisotopic (exact) mass is 473 g/mol. The summed E-state index contributed by atoms with van der Waals surface area (Å²) in [6.07, 6.45) is 3.28. The summed E-state index contributed by atoms with van der Waals surface area (Å²) in [5, 5.41) is 6.87. The van der Waals surface area contributed by atoms with Gasteiger partial charge in [-0.15, -0.1) is 0 Å². The smallest absolute Gasteiger partial charge is 0.231 e. The van der Waals surface area contributed by atoms with Crippen molar-refractivity contribution in [3.63, 3.8) is 0 Å². The van der Waals surface area contributed by atoms with Crippen LogP contribution in [0.2, 0.25) is 0 Å². The number of nitrogens with one attached hydrogen (secondary N) is 2. The Morgan fingerprint density at radius 1 is 1.03 bits per heavy atom. The van der Waals surface area contributed by atoms with Crippen LogP contribution < -0.4 is 26.0 Å². The predicted molar refractivity (Wildman–Crippen MR) is 136 cm³/mol. The SMILES string of the molecule is COc1cccc(CNc2nc(NC3Cc4ccccc4C3)nc(N3CCC(C(N)=O)CC3)n2)c1. The van der Waals surface area contributed by atoms with E-state index in [1.54, 1.807) is 7.11 Å². The van der Waals surface area contributed by atoms with Crippen molar-refractivity contribution in [3.8, 4) is 5.75 Å². The highest BCUT2D eigenvalue weighted by Crippen LogP contribution is 2.26. The quantitative estimate of drug-likeness (QED) is 0.457. The van der Waals surface area contributed by atoms with Gasteiger partial charge in [0.05, 0.1) is 7.11 Å². The molecule has 9 nitrogen and oxygen atoms in total. The highest BCUT2D eigenvalue weighted by Gasteiger charge is 2.26. The lowest BCUT2D eigenvalue weighted by Crippen LogP contribution is -2.39. The van der Waals surface area contributed by atoms with Crippen LogP contribution in [0.15, 0.2) is 48.5 Å². The van der Waals surface area contributed by atoms with Gasteiger partial charge in [-0.3, -0.25) is 4.79 Å². The first-order valence-electron chi connectivity index (χ1n) is 12.1. The number of hydrogen-bond donors (Lipinski definition) is 3. The highest BCUT2D eigenvalue weighted by molar-refractivity contribution is 5.77. The summed E-state index contributed by atoms with van der Waals surface area (Å²) in [5.41, 5.74) is 9.31. The number of ether oxygens (including phenoxy) is 1. The first kappa shape index (κ1) is 22.9. The highest BCUT2D eigenvalue weighted by atomic mass is 16.5. The number of nitrogens with two attached hydrogens (primary N) is 1. The lowest BCUT2D eigenvalue weighted by Gasteiger charge is -2.30. The molecule has 3 aromatic rings. The number of fused-ring (bicyclic) bond motifs is 1. The Morgan fingerprint density at radius 2 is 1.74 bits per heavy atom. The van der Waals surface area contributed by atoms with E-state index in [0.717, 1.165) is 24.2 Å². The summed E-state index contributed by atoms with van der Waals surface area (Å²) >= 11 is 0. The summed E-state index contributed by atoms with van der Waals surface area (Å²) in [6, 6.07) is 16.6. The van der Waals surface area contributed by atoms with Crippen molar-refractivity contribution in [1.29, 1.82) is 0 Å². The van der Waals surface area contributed by atoms with Crippen LogP contribution in [0, 0.1) is 5.92 Å². The summed E-state index contributed by atoms with van der Waals surface area (Å²) in [5.74, 6) is 2.15. The second-order valence-electron chi connectivity index (χ2n) is 9.17. The van der Waals surface area contributed by atoms with Gasteiger partial charge >= 0.3 is 0 Å². The van der Waals surface area contributed by atoms with Crippen LogP contribution in [0.3, 0.4) is 0 Å². The summed E-state index contributed by atoms with van der Waals surface area (Å²) in [6.45, 7) is 1.92. The van der Waals surface area contributed by atoms with Gasteiger partial charge in [-0.05, 0) is 54.5 Å². The second kappa shape index (κ2) is 10.2. The van der Waals surface area contributed by atoms with Gasteiger partial charge in [0.25, 0.3) is 0 Å². The summed E-state index contributed by atoms with van der Waals surface area (Å²) in [7, 11) is 1.66. The summed E-state index contributed by atoms with van der Waals surface area (Å²) in [4.78, 5) is 27.8. The number of carbonyl (C=O) groups is 1. The van der Waals surface area contributed by atoms with Crippen molar-refractivity contribution < 1.29 is 9.53 Å². The van der Waals surface area contributed by atoms with Crippen LogP contribution in [0.1, 0.15) is 29.5 Å². The van der Waals surface area contributed by atoms with Crippen LogP contribution in [0.5, 0.6) is 5.75 Å². The number of methoxy groups -OCH3 is 1. The van der Waals surface area contributed by atoms with Gasteiger partial charge in [-0.2, -0.15) is 15.0 Å². The van der Waals surface area contributed by atoms with Crippen LogP contribution >= 0.6 is 0 Å². The molecule has 5 rings (SSSR count). The van der Waals surface area contributed by atoms with E-state index >= 15 is 0 Å². The topological polar surface area (TPSA) is 118 Å². The van der Waals surface area contributed by atoms with E-state index in [1.165, 1.54) is 11.1 Å². The largest absolute Gasteiger partial charge is 0.497 e. The van der Waals surface area contributed by atoms with Crippen molar-refractivity contribution in [3.05, 3.63) is 65.2 Å². The molecule has 1 saturated heterocycles. The van der Waals surface area contributed by atoms with Crippen molar-refractivity contribution in [2.45, 2.75) is 38.3 Å². The Morgan fingerprint density at radius 3 is 2.43 bits per heavy atom. The molecule has 0 unspecified atom stereocenters. The molecule has 1 aliphatic heterocycles. The second-order valence-corrected chi connectivity index (χ2v) is 9.17. The number of benzene rings is 2. The van der Waals surface area contributed by atoms with Gasteiger partial charge in [0, 0.05) is 31.6 Å². The Labute approximate surface area is 205 Å². The first-order valence-corrected chi connectivity index (χ1v) is 12.1. The standard InChI is InChI=1S/C26H31N7O2/c1-35-22-8-4-5-17(13-22)16-28-24-30-25(29-21-14-19-6-2-3-7-20(19)15-21)32-26(31-24)33-11-9-18(10-12-33)23(27)34/h2-8,13,18,21H,9-12,14-16H2,1H3,(H2,27,34)(H2,28,29,30,31,32). The van der Waals surface area contributed by atoms with Gasteiger partial charge in [0.1, 0.15) is 5.75 Å². The van der Waals surface area contributed by atoms with E-state index < -0.39 is 0 Å². The fourth-order valence-electron chi connectivity index (χ4n) is 4.82. The number of rotatable bonds is 8. The van der Waals surface area contributed by atoms with Crippen molar-refractivity contribution >= 4 is 23.8 Å². The average molecular weight is 474 g/mol. The molecular formula is C26H31N7O2. The molecule has 182 valence electrons. The number of anilines is 3. The maximum atomic E-state index is 11.6. The van der Waals surface area contributed by atoms with E-state index in [-0.39, 0.29) is 17.9 Å². The first-order chi connectivity index (χ1) is 17.1. The lowest BCUT2D eigenvalue weighted by atomic mass is 9.96. The fraction of sp³-hybridized carbons (Fsp3) is 0.385. The molecule has 1 amide bonds. The maximum Gasteiger partial charge on any atom is 0.231 e. The minimum Gasteiger partial charge on any atom is -0.497 e. The van der Waals surface area contributed by atoms with Crippen molar-refractivity contribution in [1.82, 2.24) is 15.0 Å². The number of carbonyl (C=O) groups excluding carboxylic acids is 1. The number of nitrogens with zero attached hydrogens (tertiary/aromatic N) is 4. The third kappa shape index (κ3) is 5.45. The zero-order valence-corrected chi connectivity index (χ0v) is 19.9. The number of piperidine rings is 1. The molecule has 0 saturated carbocycles. The molecule has 1 fully saturated rings. The van der Waals surface area contributed by atoms with Crippen LogP contribution in [0.4, 0.5) is 17.8 Å². The third-order valence-electron chi connectivity index (χ3n) is 6.77. The number of hydrogen-bond acceptors (Lipinski definition) is 8. The molecule has 0 radical (unpaired) electrons. The van der Waals surface area contributed by atoms with E-state index in [4.69, 9.17) is 20.4 Å². The number of amides is 1. The Bertz CT molecular complexity index is 1170. The number of aromatic nitrogens is 3. The molecule has 35 heavy (non-hydrogen) atoms. The molecule has 2 heterocycles. The zero-order valence-electron chi connectivity index (χ0n) is 19.9. The van der Waals surface area contributed by atoms with E-state index in [0.29, 0.717) is 50.3 Å². The Balaban J connectivity index is 1.34. The molecule has 0 atom stereocenters.